The Bertz CT molecular complexity index is 389. The Labute approximate surface area is 107 Å². The Kier molecular flexibility index (Phi) is 4.55. The van der Waals surface area contributed by atoms with Gasteiger partial charge in [-0.05, 0) is 42.5 Å². The number of halogens is 1. The fourth-order valence-electron chi connectivity index (χ4n) is 2.50. The summed E-state index contributed by atoms with van der Waals surface area (Å²) in [6.45, 7) is 2.52. The van der Waals surface area contributed by atoms with Gasteiger partial charge in [0.15, 0.2) is 0 Å². The van der Waals surface area contributed by atoms with Gasteiger partial charge in [0.05, 0.1) is 6.61 Å². The molecule has 1 aromatic carbocycles. The van der Waals surface area contributed by atoms with Gasteiger partial charge in [0.25, 0.3) is 0 Å². The average Bonchev–Trinajstić information content (AvgIpc) is 2.39. The Morgan fingerprint density at radius 2 is 2.06 bits per heavy atom. The monoisotopic (exact) mass is 253 g/mol. The van der Waals surface area contributed by atoms with E-state index in [1.54, 1.807) is 7.11 Å². The van der Waals surface area contributed by atoms with Gasteiger partial charge in [0.2, 0.25) is 0 Å². The summed E-state index contributed by atoms with van der Waals surface area (Å²) in [7, 11) is 1.73. The minimum Gasteiger partial charge on any atom is -0.392 e. The van der Waals surface area contributed by atoms with Crippen molar-refractivity contribution in [1.29, 1.82) is 0 Å². The minimum atomic E-state index is -0.282. The van der Waals surface area contributed by atoms with Gasteiger partial charge in [-0.2, -0.15) is 0 Å². The van der Waals surface area contributed by atoms with E-state index < -0.39 is 0 Å². The van der Waals surface area contributed by atoms with Crippen molar-refractivity contribution in [2.24, 2.45) is 5.92 Å². The molecule has 0 saturated carbocycles. The van der Waals surface area contributed by atoms with Crippen molar-refractivity contribution in [3.63, 3.8) is 0 Å². The van der Waals surface area contributed by atoms with Crippen molar-refractivity contribution >= 4 is 5.69 Å². The number of piperidine rings is 1. The van der Waals surface area contributed by atoms with E-state index in [0.717, 1.165) is 38.2 Å². The smallest absolute Gasteiger partial charge is 0.125 e. The highest BCUT2D eigenvalue weighted by molar-refractivity contribution is 5.49. The summed E-state index contributed by atoms with van der Waals surface area (Å²) in [5, 5.41) is 9.10. The average molecular weight is 253 g/mol. The zero-order chi connectivity index (χ0) is 13.0. The van der Waals surface area contributed by atoms with Crippen molar-refractivity contribution in [3.05, 3.63) is 29.6 Å². The van der Waals surface area contributed by atoms with Crippen LogP contribution in [-0.2, 0) is 11.3 Å². The van der Waals surface area contributed by atoms with Crippen LogP contribution in [-0.4, -0.2) is 31.9 Å². The second-order valence-electron chi connectivity index (χ2n) is 4.86. The van der Waals surface area contributed by atoms with E-state index in [1.165, 1.54) is 12.1 Å². The highest BCUT2D eigenvalue weighted by atomic mass is 19.1. The molecule has 2 rings (SSSR count). The number of anilines is 1. The first-order valence-corrected chi connectivity index (χ1v) is 6.37. The van der Waals surface area contributed by atoms with E-state index in [2.05, 4.69) is 4.90 Å². The summed E-state index contributed by atoms with van der Waals surface area (Å²) in [6, 6.07) is 4.77. The van der Waals surface area contributed by atoms with E-state index in [-0.39, 0.29) is 12.4 Å². The van der Waals surface area contributed by atoms with Crippen LogP contribution in [0, 0.1) is 11.7 Å². The molecule has 1 N–H and O–H groups in total. The lowest BCUT2D eigenvalue weighted by molar-refractivity contribution is 0.139. The number of hydrogen-bond donors (Lipinski definition) is 1. The standard InChI is InChI=1S/C14H20FNO2/c1-18-10-11-2-4-16(5-3-11)14-7-12(9-17)6-13(15)8-14/h6-8,11,17H,2-5,9-10H2,1H3. The Hall–Kier alpha value is -1.13. The Balaban J connectivity index is 2.02. The van der Waals surface area contributed by atoms with Gasteiger partial charge in [0.1, 0.15) is 5.82 Å². The molecule has 4 heteroatoms. The molecule has 1 heterocycles. The summed E-state index contributed by atoms with van der Waals surface area (Å²) in [6.07, 6.45) is 2.14. The maximum atomic E-state index is 13.4. The summed E-state index contributed by atoms with van der Waals surface area (Å²) >= 11 is 0. The number of benzene rings is 1. The molecule has 0 atom stereocenters. The van der Waals surface area contributed by atoms with Crippen LogP contribution in [0.2, 0.25) is 0 Å². The molecular formula is C14H20FNO2. The van der Waals surface area contributed by atoms with Crippen LogP contribution < -0.4 is 4.90 Å². The lowest BCUT2D eigenvalue weighted by atomic mass is 9.97. The quantitative estimate of drug-likeness (QED) is 0.892. The maximum absolute atomic E-state index is 13.4. The maximum Gasteiger partial charge on any atom is 0.125 e. The van der Waals surface area contributed by atoms with Crippen LogP contribution in [0.1, 0.15) is 18.4 Å². The zero-order valence-corrected chi connectivity index (χ0v) is 10.7. The van der Waals surface area contributed by atoms with Crippen molar-refractivity contribution < 1.29 is 14.2 Å². The number of ether oxygens (including phenoxy) is 1. The number of hydrogen-bond acceptors (Lipinski definition) is 3. The lowest BCUT2D eigenvalue weighted by Crippen LogP contribution is -2.35. The molecule has 3 nitrogen and oxygen atoms in total. The summed E-state index contributed by atoms with van der Waals surface area (Å²) in [5.74, 6) is 0.327. The third-order valence-electron chi connectivity index (χ3n) is 3.51. The third-order valence-corrected chi connectivity index (χ3v) is 3.51. The minimum absolute atomic E-state index is 0.120. The molecule has 18 heavy (non-hydrogen) atoms. The van der Waals surface area contributed by atoms with Crippen LogP contribution in [0.25, 0.3) is 0 Å². The molecule has 1 saturated heterocycles. The third kappa shape index (κ3) is 3.21. The fourth-order valence-corrected chi connectivity index (χ4v) is 2.50. The molecule has 0 aromatic heterocycles. The van der Waals surface area contributed by atoms with E-state index in [9.17, 15) is 4.39 Å². The van der Waals surface area contributed by atoms with Crippen LogP contribution >= 0.6 is 0 Å². The first kappa shape index (κ1) is 13.3. The summed E-state index contributed by atoms with van der Waals surface area (Å²) in [4.78, 5) is 2.17. The molecule has 0 radical (unpaired) electrons. The number of rotatable bonds is 4. The second-order valence-corrected chi connectivity index (χ2v) is 4.86. The second kappa shape index (κ2) is 6.16. The number of nitrogens with zero attached hydrogens (tertiary/aromatic N) is 1. The van der Waals surface area contributed by atoms with Crippen molar-refractivity contribution in [3.8, 4) is 0 Å². The molecular weight excluding hydrogens is 233 g/mol. The summed E-state index contributed by atoms with van der Waals surface area (Å²) in [5.41, 5.74) is 1.50. The van der Waals surface area contributed by atoms with Crippen LogP contribution in [0.3, 0.4) is 0 Å². The molecule has 0 aliphatic carbocycles. The van der Waals surface area contributed by atoms with E-state index in [1.807, 2.05) is 6.07 Å². The van der Waals surface area contributed by atoms with Gasteiger partial charge in [-0.25, -0.2) is 4.39 Å². The van der Waals surface area contributed by atoms with Crippen LogP contribution in [0.4, 0.5) is 10.1 Å². The van der Waals surface area contributed by atoms with E-state index >= 15 is 0 Å². The largest absolute Gasteiger partial charge is 0.392 e. The van der Waals surface area contributed by atoms with E-state index in [0.29, 0.717) is 11.5 Å². The molecule has 1 aliphatic heterocycles. The van der Waals surface area contributed by atoms with Crippen LogP contribution in [0.5, 0.6) is 0 Å². The molecule has 1 aromatic rings. The van der Waals surface area contributed by atoms with Gasteiger partial charge >= 0.3 is 0 Å². The Morgan fingerprint density at radius 3 is 2.67 bits per heavy atom. The van der Waals surface area contributed by atoms with Crippen molar-refractivity contribution in [2.75, 3.05) is 31.7 Å². The first-order valence-electron chi connectivity index (χ1n) is 6.37. The van der Waals surface area contributed by atoms with Crippen LogP contribution in [0.15, 0.2) is 18.2 Å². The molecule has 0 bridgehead atoms. The molecule has 1 aliphatic rings. The van der Waals surface area contributed by atoms with Gasteiger partial charge in [0, 0.05) is 32.5 Å². The number of aliphatic hydroxyl groups excluding tert-OH is 1. The van der Waals surface area contributed by atoms with Gasteiger partial charge in [-0.15, -0.1) is 0 Å². The van der Waals surface area contributed by atoms with Gasteiger partial charge in [-0.3, -0.25) is 0 Å². The highest BCUT2D eigenvalue weighted by Crippen LogP contribution is 2.25. The van der Waals surface area contributed by atoms with Gasteiger partial charge in [-0.1, -0.05) is 0 Å². The summed E-state index contributed by atoms with van der Waals surface area (Å²) < 4.78 is 18.6. The molecule has 0 unspecified atom stereocenters. The zero-order valence-electron chi connectivity index (χ0n) is 10.7. The van der Waals surface area contributed by atoms with E-state index in [4.69, 9.17) is 9.84 Å². The lowest BCUT2D eigenvalue weighted by Gasteiger charge is -2.33. The first-order chi connectivity index (χ1) is 8.72. The molecule has 0 amide bonds. The Morgan fingerprint density at radius 1 is 1.33 bits per heavy atom. The molecule has 0 spiro atoms. The number of methoxy groups -OCH3 is 1. The van der Waals surface area contributed by atoms with Crippen molar-refractivity contribution in [1.82, 2.24) is 0 Å². The van der Waals surface area contributed by atoms with Gasteiger partial charge < -0.3 is 14.7 Å². The fraction of sp³-hybridized carbons (Fsp3) is 0.571. The predicted molar refractivity (Wildman–Crippen MR) is 69.1 cm³/mol. The van der Waals surface area contributed by atoms with Crippen molar-refractivity contribution in [2.45, 2.75) is 19.4 Å². The molecule has 1 fully saturated rings. The SMILES string of the molecule is COCC1CCN(c2cc(F)cc(CO)c2)CC1. The topological polar surface area (TPSA) is 32.7 Å². The normalized spacial score (nSPS) is 17.2. The molecule has 100 valence electrons. The highest BCUT2D eigenvalue weighted by Gasteiger charge is 2.19. The number of aliphatic hydroxyl groups is 1. The predicted octanol–water partition coefficient (Wildman–Crippen LogP) is 2.18.